The van der Waals surface area contributed by atoms with Crippen molar-refractivity contribution in [3.8, 4) is 17.1 Å². The summed E-state index contributed by atoms with van der Waals surface area (Å²) in [5.41, 5.74) is 1.90. The predicted molar refractivity (Wildman–Crippen MR) is 75.9 cm³/mol. The lowest BCUT2D eigenvalue weighted by atomic mass is 10.1. The third-order valence-electron chi connectivity index (χ3n) is 2.86. The molecular formula is C15H11BrO2. The molecule has 3 heteroatoms. The molecule has 90 valence electrons. The molecule has 0 N–H and O–H groups in total. The minimum atomic E-state index is 0.805. The van der Waals surface area contributed by atoms with E-state index in [9.17, 15) is 0 Å². The van der Waals surface area contributed by atoms with Crippen molar-refractivity contribution in [2.75, 3.05) is 7.11 Å². The van der Waals surface area contributed by atoms with Crippen LogP contribution in [0, 0.1) is 0 Å². The largest absolute Gasteiger partial charge is 0.497 e. The fourth-order valence-electron chi connectivity index (χ4n) is 1.89. The quantitative estimate of drug-likeness (QED) is 0.674. The van der Waals surface area contributed by atoms with Gasteiger partial charge in [-0.3, -0.25) is 0 Å². The number of hydrogen-bond donors (Lipinski definition) is 0. The molecule has 2 nitrogen and oxygen atoms in total. The van der Waals surface area contributed by atoms with Crippen molar-refractivity contribution in [3.63, 3.8) is 0 Å². The third-order valence-corrected chi connectivity index (χ3v) is 3.38. The maximum absolute atomic E-state index is 5.84. The van der Waals surface area contributed by atoms with E-state index in [-0.39, 0.29) is 0 Å². The van der Waals surface area contributed by atoms with Crippen LogP contribution < -0.4 is 4.74 Å². The van der Waals surface area contributed by atoms with Crippen molar-refractivity contribution >= 4 is 26.9 Å². The number of hydrogen-bond acceptors (Lipinski definition) is 2. The van der Waals surface area contributed by atoms with E-state index in [2.05, 4.69) is 15.9 Å². The Balaban J connectivity index is 2.10. The summed E-state index contributed by atoms with van der Waals surface area (Å²) in [5, 5.41) is 1.08. The normalized spacial score (nSPS) is 10.8. The van der Waals surface area contributed by atoms with Gasteiger partial charge in [0.25, 0.3) is 0 Å². The van der Waals surface area contributed by atoms with Gasteiger partial charge in [-0.25, -0.2) is 0 Å². The Hall–Kier alpha value is -1.74. The second-order valence-corrected chi connectivity index (χ2v) is 4.94. The van der Waals surface area contributed by atoms with Gasteiger partial charge < -0.3 is 9.15 Å². The van der Waals surface area contributed by atoms with Crippen LogP contribution in [0.2, 0.25) is 0 Å². The molecule has 0 fully saturated rings. The topological polar surface area (TPSA) is 22.4 Å². The van der Waals surface area contributed by atoms with E-state index in [1.807, 2.05) is 48.5 Å². The average Bonchev–Trinajstić information content (AvgIpc) is 2.82. The molecule has 0 saturated heterocycles. The fraction of sp³-hybridized carbons (Fsp3) is 0.0667. The third kappa shape index (κ3) is 2.02. The predicted octanol–water partition coefficient (Wildman–Crippen LogP) is 4.87. The van der Waals surface area contributed by atoms with E-state index < -0.39 is 0 Å². The Morgan fingerprint density at radius 3 is 2.50 bits per heavy atom. The number of furan rings is 1. The average molecular weight is 303 g/mol. The summed E-state index contributed by atoms with van der Waals surface area (Å²) in [5.74, 6) is 1.67. The molecule has 0 unspecified atom stereocenters. The van der Waals surface area contributed by atoms with Crippen molar-refractivity contribution in [2.24, 2.45) is 0 Å². The molecule has 2 aromatic carbocycles. The summed E-state index contributed by atoms with van der Waals surface area (Å²) in [6.07, 6.45) is 0. The molecule has 0 aliphatic rings. The van der Waals surface area contributed by atoms with Crippen LogP contribution in [0.15, 0.2) is 57.4 Å². The second kappa shape index (κ2) is 4.50. The van der Waals surface area contributed by atoms with E-state index in [1.165, 1.54) is 0 Å². The first-order chi connectivity index (χ1) is 8.76. The van der Waals surface area contributed by atoms with Crippen LogP contribution in [0.4, 0.5) is 0 Å². The molecule has 3 rings (SSSR count). The number of benzene rings is 2. The van der Waals surface area contributed by atoms with Gasteiger partial charge in [-0.15, -0.1) is 0 Å². The lowest BCUT2D eigenvalue weighted by molar-refractivity contribution is 0.414. The first-order valence-electron chi connectivity index (χ1n) is 5.60. The highest BCUT2D eigenvalue weighted by Gasteiger charge is 2.06. The molecule has 0 aliphatic carbocycles. The number of fused-ring (bicyclic) bond motifs is 1. The van der Waals surface area contributed by atoms with Crippen LogP contribution in [0.3, 0.4) is 0 Å². The zero-order valence-electron chi connectivity index (χ0n) is 9.81. The molecule has 0 amide bonds. The van der Waals surface area contributed by atoms with Crippen LogP contribution in [0.5, 0.6) is 5.75 Å². The maximum atomic E-state index is 5.84. The van der Waals surface area contributed by atoms with Crippen molar-refractivity contribution in [1.29, 1.82) is 0 Å². The zero-order valence-corrected chi connectivity index (χ0v) is 11.4. The van der Waals surface area contributed by atoms with E-state index in [1.54, 1.807) is 7.11 Å². The Morgan fingerprint density at radius 2 is 1.78 bits per heavy atom. The van der Waals surface area contributed by atoms with Crippen molar-refractivity contribution in [3.05, 3.63) is 53.0 Å². The highest BCUT2D eigenvalue weighted by molar-refractivity contribution is 9.10. The van der Waals surface area contributed by atoms with Crippen LogP contribution in [-0.4, -0.2) is 7.11 Å². The number of ether oxygens (including phenoxy) is 1. The van der Waals surface area contributed by atoms with E-state index in [0.717, 1.165) is 32.5 Å². The lowest BCUT2D eigenvalue weighted by Gasteiger charge is -1.97. The maximum Gasteiger partial charge on any atom is 0.138 e. The van der Waals surface area contributed by atoms with Gasteiger partial charge in [0, 0.05) is 21.5 Å². The molecule has 0 radical (unpaired) electrons. The Bertz CT molecular complexity index is 683. The first kappa shape index (κ1) is 11.4. The molecule has 0 atom stereocenters. The summed E-state index contributed by atoms with van der Waals surface area (Å²) >= 11 is 3.42. The number of methoxy groups -OCH3 is 1. The van der Waals surface area contributed by atoms with Crippen LogP contribution in [0.1, 0.15) is 0 Å². The monoisotopic (exact) mass is 302 g/mol. The van der Waals surface area contributed by atoms with E-state index in [4.69, 9.17) is 9.15 Å². The molecule has 0 saturated carbocycles. The van der Waals surface area contributed by atoms with Crippen molar-refractivity contribution in [2.45, 2.75) is 0 Å². The van der Waals surface area contributed by atoms with Gasteiger partial charge in [-0.1, -0.05) is 28.1 Å². The van der Waals surface area contributed by atoms with Crippen LogP contribution in [0.25, 0.3) is 22.3 Å². The van der Waals surface area contributed by atoms with Crippen LogP contribution in [-0.2, 0) is 0 Å². The molecule has 3 aromatic rings. The molecule has 1 heterocycles. The van der Waals surface area contributed by atoms with Crippen molar-refractivity contribution in [1.82, 2.24) is 0 Å². The van der Waals surface area contributed by atoms with Crippen LogP contribution >= 0.6 is 15.9 Å². The van der Waals surface area contributed by atoms with Gasteiger partial charge in [0.1, 0.15) is 17.1 Å². The van der Waals surface area contributed by atoms with Gasteiger partial charge in [-0.05, 0) is 30.3 Å². The Labute approximate surface area is 113 Å². The smallest absolute Gasteiger partial charge is 0.138 e. The Kier molecular flexibility index (Phi) is 2.84. The summed E-state index contributed by atoms with van der Waals surface area (Å²) in [6, 6.07) is 15.9. The Morgan fingerprint density at radius 1 is 1.00 bits per heavy atom. The zero-order chi connectivity index (χ0) is 12.5. The molecule has 0 bridgehead atoms. The summed E-state index contributed by atoms with van der Waals surface area (Å²) < 4.78 is 12.1. The summed E-state index contributed by atoms with van der Waals surface area (Å²) in [4.78, 5) is 0. The van der Waals surface area contributed by atoms with Gasteiger partial charge in [0.05, 0.1) is 7.11 Å². The first-order valence-corrected chi connectivity index (χ1v) is 6.39. The fourth-order valence-corrected chi connectivity index (χ4v) is 2.16. The van der Waals surface area contributed by atoms with Gasteiger partial charge in [0.2, 0.25) is 0 Å². The van der Waals surface area contributed by atoms with Gasteiger partial charge in [-0.2, -0.15) is 0 Å². The van der Waals surface area contributed by atoms with E-state index >= 15 is 0 Å². The highest BCUT2D eigenvalue weighted by Crippen LogP contribution is 2.30. The molecular weight excluding hydrogens is 292 g/mol. The molecule has 18 heavy (non-hydrogen) atoms. The molecule has 0 spiro atoms. The second-order valence-electron chi connectivity index (χ2n) is 4.02. The van der Waals surface area contributed by atoms with Crippen molar-refractivity contribution < 1.29 is 9.15 Å². The minimum Gasteiger partial charge on any atom is -0.497 e. The summed E-state index contributed by atoms with van der Waals surface area (Å²) in [6.45, 7) is 0. The highest BCUT2D eigenvalue weighted by atomic mass is 79.9. The standard InChI is InChI=1S/C15H11BrO2/c1-17-13-7-4-11-8-14(18-15(11)9-13)10-2-5-12(16)6-3-10/h2-9H,1H3. The molecule has 1 aromatic heterocycles. The van der Waals surface area contributed by atoms with Gasteiger partial charge in [0.15, 0.2) is 0 Å². The lowest BCUT2D eigenvalue weighted by Crippen LogP contribution is -1.79. The van der Waals surface area contributed by atoms with E-state index in [0.29, 0.717) is 0 Å². The number of halogens is 1. The summed E-state index contributed by atoms with van der Waals surface area (Å²) in [7, 11) is 1.65. The number of rotatable bonds is 2. The minimum absolute atomic E-state index is 0.805. The SMILES string of the molecule is COc1ccc2cc(-c3ccc(Br)cc3)oc2c1. The molecule has 0 aliphatic heterocycles. The van der Waals surface area contributed by atoms with Gasteiger partial charge >= 0.3 is 0 Å².